The molecule has 1 aromatic rings. The lowest BCUT2D eigenvalue weighted by Crippen LogP contribution is -2.27. The Bertz CT molecular complexity index is 408. The zero-order chi connectivity index (χ0) is 15.7. The van der Waals surface area contributed by atoms with E-state index in [9.17, 15) is 0 Å². The molecule has 0 fully saturated rings. The Morgan fingerprint density at radius 2 is 1.90 bits per heavy atom. The lowest BCUT2D eigenvalue weighted by molar-refractivity contribution is 0.268. The van der Waals surface area contributed by atoms with Gasteiger partial charge >= 0.3 is 0 Å². The Kier molecular flexibility index (Phi) is 8.16. The average molecular weight is 294 g/mol. The molecule has 0 unspecified atom stereocenters. The van der Waals surface area contributed by atoms with Crippen LogP contribution in [0.5, 0.6) is 11.5 Å². The molecule has 0 aliphatic heterocycles. The van der Waals surface area contributed by atoms with Gasteiger partial charge in [-0.25, -0.2) is 0 Å². The Morgan fingerprint density at radius 1 is 1.14 bits per heavy atom. The Hall–Kier alpha value is -1.26. The summed E-state index contributed by atoms with van der Waals surface area (Å²) in [4.78, 5) is 2.38. The molecule has 0 bridgehead atoms. The van der Waals surface area contributed by atoms with Crippen molar-refractivity contribution in [3.05, 3.63) is 23.8 Å². The van der Waals surface area contributed by atoms with Crippen LogP contribution in [-0.4, -0.2) is 45.3 Å². The van der Waals surface area contributed by atoms with Crippen molar-refractivity contribution in [2.45, 2.75) is 39.3 Å². The highest BCUT2D eigenvalue weighted by atomic mass is 16.5. The second-order valence-electron chi connectivity index (χ2n) is 5.61. The van der Waals surface area contributed by atoms with E-state index in [4.69, 9.17) is 9.47 Å². The zero-order valence-electron chi connectivity index (χ0n) is 14.1. The third-order valence-electron chi connectivity index (χ3n) is 3.80. The normalized spacial score (nSPS) is 11.2. The van der Waals surface area contributed by atoms with Gasteiger partial charge in [0.15, 0.2) is 11.5 Å². The summed E-state index contributed by atoms with van der Waals surface area (Å²) < 4.78 is 10.7. The number of hydrogen-bond acceptors (Lipinski definition) is 4. The van der Waals surface area contributed by atoms with Gasteiger partial charge in [0.25, 0.3) is 0 Å². The summed E-state index contributed by atoms with van der Waals surface area (Å²) in [6.45, 7) is 7.44. The van der Waals surface area contributed by atoms with Crippen LogP contribution in [0.2, 0.25) is 0 Å². The third kappa shape index (κ3) is 5.94. The first-order valence-electron chi connectivity index (χ1n) is 7.71. The highest BCUT2D eigenvalue weighted by molar-refractivity contribution is 5.46. The van der Waals surface area contributed by atoms with Crippen LogP contribution in [0.3, 0.4) is 0 Å². The largest absolute Gasteiger partial charge is 0.493 e. The van der Waals surface area contributed by atoms with Crippen molar-refractivity contribution in [2.75, 3.05) is 34.4 Å². The quantitative estimate of drug-likeness (QED) is 0.673. The van der Waals surface area contributed by atoms with Crippen LogP contribution in [0.15, 0.2) is 18.2 Å². The van der Waals surface area contributed by atoms with Crippen molar-refractivity contribution >= 4 is 0 Å². The van der Waals surface area contributed by atoms with Crippen LogP contribution in [-0.2, 0) is 6.54 Å². The van der Waals surface area contributed by atoms with Gasteiger partial charge in [-0.15, -0.1) is 0 Å². The summed E-state index contributed by atoms with van der Waals surface area (Å²) in [6.07, 6.45) is 2.40. The van der Waals surface area contributed by atoms with E-state index >= 15 is 0 Å². The first kappa shape index (κ1) is 17.8. The van der Waals surface area contributed by atoms with Gasteiger partial charge in [0, 0.05) is 18.2 Å². The molecule has 4 heteroatoms. The van der Waals surface area contributed by atoms with Gasteiger partial charge in [-0.05, 0) is 52.9 Å². The second-order valence-corrected chi connectivity index (χ2v) is 5.61. The SMILES string of the molecule is COc1cccc(CNCCCCN(C)C(C)C)c1OC. The van der Waals surface area contributed by atoms with Crippen LogP contribution < -0.4 is 14.8 Å². The third-order valence-corrected chi connectivity index (χ3v) is 3.80. The number of nitrogens with one attached hydrogen (secondary N) is 1. The Balaban J connectivity index is 2.30. The molecule has 0 atom stereocenters. The Morgan fingerprint density at radius 3 is 2.52 bits per heavy atom. The van der Waals surface area contributed by atoms with Gasteiger partial charge in [0.1, 0.15) is 0 Å². The number of rotatable bonds is 10. The van der Waals surface area contributed by atoms with E-state index in [1.165, 1.54) is 12.8 Å². The van der Waals surface area contributed by atoms with Crippen LogP contribution in [0.1, 0.15) is 32.3 Å². The fourth-order valence-electron chi connectivity index (χ4n) is 2.19. The fourth-order valence-corrected chi connectivity index (χ4v) is 2.19. The number of para-hydroxylation sites is 1. The van der Waals surface area contributed by atoms with Crippen LogP contribution in [0.4, 0.5) is 0 Å². The lowest BCUT2D eigenvalue weighted by atomic mass is 10.1. The van der Waals surface area contributed by atoms with E-state index in [1.807, 2.05) is 12.1 Å². The van der Waals surface area contributed by atoms with Gasteiger partial charge in [-0.3, -0.25) is 0 Å². The van der Waals surface area contributed by atoms with E-state index in [-0.39, 0.29) is 0 Å². The first-order valence-corrected chi connectivity index (χ1v) is 7.71. The molecule has 1 aromatic carbocycles. The van der Waals surface area contributed by atoms with Crippen molar-refractivity contribution in [1.29, 1.82) is 0 Å². The monoisotopic (exact) mass is 294 g/mol. The van der Waals surface area contributed by atoms with Crippen LogP contribution in [0, 0.1) is 0 Å². The molecule has 0 saturated carbocycles. The van der Waals surface area contributed by atoms with E-state index in [1.54, 1.807) is 14.2 Å². The lowest BCUT2D eigenvalue weighted by Gasteiger charge is -2.20. The molecule has 1 rings (SSSR count). The minimum atomic E-state index is 0.624. The second kappa shape index (κ2) is 9.64. The number of methoxy groups -OCH3 is 2. The molecule has 0 radical (unpaired) electrons. The molecule has 0 aromatic heterocycles. The molecule has 0 amide bonds. The summed E-state index contributed by atoms with van der Waals surface area (Å²) in [5, 5.41) is 3.48. The van der Waals surface area contributed by atoms with Crippen molar-refractivity contribution in [2.24, 2.45) is 0 Å². The summed E-state index contributed by atoms with van der Waals surface area (Å²) in [6, 6.07) is 6.61. The number of hydrogen-bond donors (Lipinski definition) is 1. The highest BCUT2D eigenvalue weighted by Crippen LogP contribution is 2.30. The fraction of sp³-hybridized carbons (Fsp3) is 0.647. The molecule has 21 heavy (non-hydrogen) atoms. The summed E-state index contributed by atoms with van der Waals surface area (Å²) >= 11 is 0. The maximum Gasteiger partial charge on any atom is 0.165 e. The predicted octanol–water partition coefficient (Wildman–Crippen LogP) is 2.91. The van der Waals surface area contributed by atoms with E-state index in [2.05, 4.69) is 37.2 Å². The number of ether oxygens (including phenoxy) is 2. The molecule has 0 aliphatic carbocycles. The van der Waals surface area contributed by atoms with Crippen LogP contribution in [0.25, 0.3) is 0 Å². The molecule has 1 N–H and O–H groups in total. The maximum absolute atomic E-state index is 5.43. The number of nitrogens with zero attached hydrogens (tertiary/aromatic N) is 1. The molecule has 4 nitrogen and oxygen atoms in total. The van der Waals surface area contributed by atoms with Crippen LogP contribution >= 0.6 is 0 Å². The van der Waals surface area contributed by atoms with Gasteiger partial charge < -0.3 is 19.7 Å². The maximum atomic E-state index is 5.43. The van der Waals surface area contributed by atoms with Crippen molar-refractivity contribution in [3.63, 3.8) is 0 Å². The Labute approximate surface area is 129 Å². The summed E-state index contributed by atoms with van der Waals surface area (Å²) in [5.41, 5.74) is 1.14. The van der Waals surface area contributed by atoms with E-state index < -0.39 is 0 Å². The molecule has 0 spiro atoms. The van der Waals surface area contributed by atoms with Gasteiger partial charge in [-0.2, -0.15) is 0 Å². The molecule has 120 valence electrons. The smallest absolute Gasteiger partial charge is 0.165 e. The molecular weight excluding hydrogens is 264 g/mol. The van der Waals surface area contributed by atoms with Gasteiger partial charge in [0.05, 0.1) is 14.2 Å². The number of benzene rings is 1. The summed E-state index contributed by atoms with van der Waals surface area (Å²) in [7, 11) is 5.53. The van der Waals surface area contributed by atoms with Crippen molar-refractivity contribution in [3.8, 4) is 11.5 Å². The molecule has 0 saturated heterocycles. The topological polar surface area (TPSA) is 33.7 Å². The van der Waals surface area contributed by atoms with Gasteiger partial charge in [0.2, 0.25) is 0 Å². The highest BCUT2D eigenvalue weighted by Gasteiger charge is 2.08. The van der Waals surface area contributed by atoms with Gasteiger partial charge in [-0.1, -0.05) is 12.1 Å². The zero-order valence-corrected chi connectivity index (χ0v) is 14.1. The average Bonchev–Trinajstić information content (AvgIpc) is 2.49. The summed E-state index contributed by atoms with van der Waals surface area (Å²) in [5.74, 6) is 1.61. The predicted molar refractivity (Wildman–Crippen MR) is 88.3 cm³/mol. The molecule has 0 heterocycles. The first-order chi connectivity index (χ1) is 10.1. The van der Waals surface area contributed by atoms with E-state index in [0.717, 1.165) is 36.7 Å². The molecular formula is C17H30N2O2. The van der Waals surface area contributed by atoms with E-state index in [0.29, 0.717) is 6.04 Å². The number of unbranched alkanes of at least 4 members (excludes halogenated alkanes) is 1. The molecule has 0 aliphatic rings. The standard InChI is InChI=1S/C17H30N2O2/c1-14(2)19(3)12-7-6-11-18-13-15-9-8-10-16(20-4)17(15)21-5/h8-10,14,18H,6-7,11-13H2,1-5H3. The minimum absolute atomic E-state index is 0.624. The van der Waals surface area contributed by atoms with Crippen molar-refractivity contribution in [1.82, 2.24) is 10.2 Å². The van der Waals surface area contributed by atoms with Crippen molar-refractivity contribution < 1.29 is 9.47 Å². The minimum Gasteiger partial charge on any atom is -0.493 e.